The molecule has 1 aromatic heterocycles. The van der Waals surface area contributed by atoms with Gasteiger partial charge in [0.2, 0.25) is 0 Å². The standard InChI is InChI=1S/C18H21N3O3/c1-13-9-17(19-24-13)23-12-18(22)21-11-15-6-4-8-20(15)10-14-5-2-3-7-16(14)21/h2-3,5,7,9,15H,4,6,8,10-12H2,1H3/t15-/m1/s1. The molecule has 0 bridgehead atoms. The molecule has 24 heavy (non-hydrogen) atoms. The first-order valence-corrected chi connectivity index (χ1v) is 8.39. The minimum atomic E-state index is -0.0446. The molecule has 0 aliphatic carbocycles. The second-order valence-electron chi connectivity index (χ2n) is 6.46. The van der Waals surface area contributed by atoms with Crippen molar-refractivity contribution >= 4 is 11.6 Å². The van der Waals surface area contributed by atoms with E-state index < -0.39 is 0 Å². The smallest absolute Gasteiger partial charge is 0.265 e. The van der Waals surface area contributed by atoms with Crippen LogP contribution in [0.5, 0.6) is 5.88 Å². The molecule has 0 N–H and O–H groups in total. The number of hydrogen-bond acceptors (Lipinski definition) is 5. The fourth-order valence-corrected chi connectivity index (χ4v) is 3.61. The van der Waals surface area contributed by atoms with E-state index >= 15 is 0 Å². The molecule has 0 spiro atoms. The van der Waals surface area contributed by atoms with Crippen molar-refractivity contribution < 1.29 is 14.1 Å². The Balaban J connectivity index is 1.54. The summed E-state index contributed by atoms with van der Waals surface area (Å²) in [6.07, 6.45) is 2.34. The largest absolute Gasteiger partial charge is 0.465 e. The molecule has 2 aromatic rings. The Morgan fingerprint density at radius 2 is 2.29 bits per heavy atom. The first-order valence-electron chi connectivity index (χ1n) is 8.39. The molecule has 0 saturated carbocycles. The summed E-state index contributed by atoms with van der Waals surface area (Å²) >= 11 is 0. The van der Waals surface area contributed by atoms with E-state index in [0.29, 0.717) is 17.7 Å². The van der Waals surface area contributed by atoms with E-state index in [1.165, 1.54) is 12.0 Å². The molecule has 2 aliphatic heterocycles. The summed E-state index contributed by atoms with van der Waals surface area (Å²) in [5.74, 6) is 0.975. The topological polar surface area (TPSA) is 58.8 Å². The molecule has 6 nitrogen and oxygen atoms in total. The molecule has 3 heterocycles. The Labute approximate surface area is 141 Å². The lowest BCUT2D eigenvalue weighted by Crippen LogP contribution is -2.42. The van der Waals surface area contributed by atoms with Crippen molar-refractivity contribution in [2.75, 3.05) is 24.6 Å². The number of rotatable bonds is 3. The Bertz CT molecular complexity index is 743. The van der Waals surface area contributed by atoms with Gasteiger partial charge in [-0.1, -0.05) is 18.2 Å². The number of para-hydroxylation sites is 1. The summed E-state index contributed by atoms with van der Waals surface area (Å²) in [5, 5.41) is 3.77. The summed E-state index contributed by atoms with van der Waals surface area (Å²) < 4.78 is 10.5. The molecule has 0 radical (unpaired) electrons. The predicted octanol–water partition coefficient (Wildman–Crippen LogP) is 2.37. The van der Waals surface area contributed by atoms with Crippen LogP contribution < -0.4 is 9.64 Å². The zero-order chi connectivity index (χ0) is 16.5. The van der Waals surface area contributed by atoms with Crippen molar-refractivity contribution in [2.45, 2.75) is 32.4 Å². The van der Waals surface area contributed by atoms with Crippen LogP contribution in [0.4, 0.5) is 5.69 Å². The highest BCUT2D eigenvalue weighted by molar-refractivity contribution is 5.95. The Morgan fingerprint density at radius 1 is 1.42 bits per heavy atom. The fraction of sp³-hybridized carbons (Fsp3) is 0.444. The van der Waals surface area contributed by atoms with Crippen LogP contribution in [-0.2, 0) is 11.3 Å². The number of carbonyl (C=O) groups is 1. The number of carbonyl (C=O) groups excluding carboxylic acids is 1. The first kappa shape index (κ1) is 15.2. The van der Waals surface area contributed by atoms with Crippen molar-refractivity contribution in [3.8, 4) is 5.88 Å². The van der Waals surface area contributed by atoms with Crippen molar-refractivity contribution in [1.29, 1.82) is 0 Å². The average Bonchev–Trinajstić information content (AvgIpc) is 3.17. The number of aryl methyl sites for hydroxylation is 1. The van der Waals surface area contributed by atoms with Gasteiger partial charge in [-0.25, -0.2) is 0 Å². The molecule has 126 valence electrons. The molecular weight excluding hydrogens is 306 g/mol. The monoisotopic (exact) mass is 327 g/mol. The van der Waals surface area contributed by atoms with Crippen LogP contribution in [0.2, 0.25) is 0 Å². The number of aromatic nitrogens is 1. The second kappa shape index (κ2) is 6.28. The Morgan fingerprint density at radius 3 is 3.12 bits per heavy atom. The summed E-state index contributed by atoms with van der Waals surface area (Å²) in [6.45, 7) is 4.50. The van der Waals surface area contributed by atoms with Gasteiger partial charge in [0.25, 0.3) is 11.8 Å². The molecule has 0 unspecified atom stereocenters. The maximum atomic E-state index is 12.8. The van der Waals surface area contributed by atoms with Gasteiger partial charge >= 0.3 is 0 Å². The molecule has 1 fully saturated rings. The Kier molecular flexibility index (Phi) is 3.98. The van der Waals surface area contributed by atoms with E-state index in [-0.39, 0.29) is 12.5 Å². The quantitative estimate of drug-likeness (QED) is 0.866. The number of hydrogen-bond donors (Lipinski definition) is 0. The third kappa shape index (κ3) is 2.89. The highest BCUT2D eigenvalue weighted by Crippen LogP contribution is 2.31. The van der Waals surface area contributed by atoms with E-state index in [4.69, 9.17) is 9.26 Å². The molecular formula is C18H21N3O3. The molecule has 1 atom stereocenters. The third-order valence-corrected chi connectivity index (χ3v) is 4.80. The first-order chi connectivity index (χ1) is 11.7. The van der Waals surface area contributed by atoms with E-state index in [0.717, 1.165) is 31.7 Å². The van der Waals surface area contributed by atoms with Gasteiger partial charge in [-0.3, -0.25) is 9.69 Å². The van der Waals surface area contributed by atoms with Crippen LogP contribution in [0.15, 0.2) is 34.9 Å². The van der Waals surface area contributed by atoms with Crippen LogP contribution in [0.1, 0.15) is 24.2 Å². The molecule has 4 rings (SSSR count). The number of fused-ring (bicyclic) bond motifs is 2. The number of anilines is 1. The number of amides is 1. The van der Waals surface area contributed by atoms with Crippen LogP contribution in [0.25, 0.3) is 0 Å². The van der Waals surface area contributed by atoms with Crippen molar-refractivity contribution in [1.82, 2.24) is 10.1 Å². The maximum absolute atomic E-state index is 12.8. The summed E-state index contributed by atoms with van der Waals surface area (Å²) in [4.78, 5) is 17.2. The van der Waals surface area contributed by atoms with Crippen LogP contribution >= 0.6 is 0 Å². The van der Waals surface area contributed by atoms with Gasteiger partial charge in [-0.05, 0) is 43.1 Å². The highest BCUT2D eigenvalue weighted by atomic mass is 16.5. The SMILES string of the molecule is Cc1cc(OCC(=O)N2C[C@H]3CCCN3Cc3ccccc32)no1. The highest BCUT2D eigenvalue weighted by Gasteiger charge is 2.33. The molecule has 6 heteroatoms. The van der Waals surface area contributed by atoms with Gasteiger partial charge in [0, 0.05) is 30.9 Å². The Hall–Kier alpha value is -2.34. The molecule has 1 saturated heterocycles. The van der Waals surface area contributed by atoms with Crippen LogP contribution in [0, 0.1) is 6.92 Å². The van der Waals surface area contributed by atoms with E-state index in [1.807, 2.05) is 23.1 Å². The molecule has 1 aromatic carbocycles. The normalized spacial score (nSPS) is 20.4. The minimum Gasteiger partial charge on any atom is -0.465 e. The molecule has 2 aliphatic rings. The van der Waals surface area contributed by atoms with Gasteiger partial charge in [0.1, 0.15) is 5.76 Å². The van der Waals surface area contributed by atoms with E-state index in [9.17, 15) is 4.79 Å². The second-order valence-corrected chi connectivity index (χ2v) is 6.46. The van der Waals surface area contributed by atoms with Crippen molar-refractivity contribution in [3.63, 3.8) is 0 Å². The van der Waals surface area contributed by atoms with Gasteiger partial charge in [-0.15, -0.1) is 0 Å². The zero-order valence-electron chi connectivity index (χ0n) is 13.8. The number of benzene rings is 1. The van der Waals surface area contributed by atoms with Crippen LogP contribution in [-0.4, -0.2) is 41.7 Å². The lowest BCUT2D eigenvalue weighted by Gasteiger charge is -2.26. The zero-order valence-corrected chi connectivity index (χ0v) is 13.8. The van der Waals surface area contributed by atoms with E-state index in [1.54, 1.807) is 13.0 Å². The van der Waals surface area contributed by atoms with Gasteiger partial charge in [0.05, 0.1) is 0 Å². The minimum absolute atomic E-state index is 0.0347. The lowest BCUT2D eigenvalue weighted by atomic mass is 10.1. The summed E-state index contributed by atoms with van der Waals surface area (Å²) in [7, 11) is 0. The maximum Gasteiger partial charge on any atom is 0.265 e. The summed E-state index contributed by atoms with van der Waals surface area (Å²) in [6, 6.07) is 10.3. The van der Waals surface area contributed by atoms with Gasteiger partial charge in [-0.2, -0.15) is 0 Å². The van der Waals surface area contributed by atoms with Gasteiger partial charge in [0.15, 0.2) is 6.61 Å². The van der Waals surface area contributed by atoms with Crippen molar-refractivity contribution in [3.05, 3.63) is 41.7 Å². The average molecular weight is 327 g/mol. The fourth-order valence-electron chi connectivity index (χ4n) is 3.61. The number of nitrogens with zero attached hydrogens (tertiary/aromatic N) is 3. The van der Waals surface area contributed by atoms with Crippen molar-refractivity contribution in [2.24, 2.45) is 0 Å². The van der Waals surface area contributed by atoms with Gasteiger partial charge < -0.3 is 14.2 Å². The third-order valence-electron chi connectivity index (χ3n) is 4.80. The van der Waals surface area contributed by atoms with E-state index in [2.05, 4.69) is 16.1 Å². The predicted molar refractivity (Wildman–Crippen MR) is 89.0 cm³/mol. The van der Waals surface area contributed by atoms with Crippen LogP contribution in [0.3, 0.4) is 0 Å². The number of ether oxygens (including phenoxy) is 1. The summed E-state index contributed by atoms with van der Waals surface area (Å²) in [5.41, 5.74) is 2.20. The molecule has 1 amide bonds. The lowest BCUT2D eigenvalue weighted by molar-refractivity contribution is -0.120.